The molecule has 1 aromatic heterocycles. The number of nitrogens with two attached hydrogens (primary N) is 1. The number of hydrogen-bond acceptors (Lipinski definition) is 10. The van der Waals surface area contributed by atoms with Gasteiger partial charge in [0, 0.05) is 12.1 Å². The normalized spacial score (nSPS) is 16.0. The number of hydrogen-bond donors (Lipinski definition) is 4. The number of Topliss-reactive ketones (excluding diaryl/α,β-unsaturated/α-hetero) is 1. The molecule has 0 saturated carbocycles. The van der Waals surface area contributed by atoms with Crippen LogP contribution in [0.15, 0.2) is 120 Å². The van der Waals surface area contributed by atoms with Gasteiger partial charge in [-0.2, -0.15) is 0 Å². The monoisotopic (exact) mass is 774 g/mol. The number of anilines is 1. The van der Waals surface area contributed by atoms with Gasteiger partial charge in [-0.25, -0.2) is 14.6 Å². The second kappa shape index (κ2) is 19.9. The van der Waals surface area contributed by atoms with E-state index in [9.17, 15) is 24.0 Å². The summed E-state index contributed by atoms with van der Waals surface area (Å²) in [6.07, 6.45) is -0.624. The van der Waals surface area contributed by atoms with Crippen LogP contribution in [0.1, 0.15) is 53.9 Å². The van der Waals surface area contributed by atoms with Gasteiger partial charge in [0.1, 0.15) is 30.3 Å². The van der Waals surface area contributed by atoms with E-state index in [4.69, 9.17) is 19.6 Å². The number of oxazole rings is 1. The molecular weight excluding hydrogens is 729 g/mol. The summed E-state index contributed by atoms with van der Waals surface area (Å²) < 4.78 is 17.0. The molecule has 296 valence electrons. The largest absolute Gasteiger partial charge is 0.445 e. The molecule has 5 N–H and O–H groups in total. The van der Waals surface area contributed by atoms with Crippen molar-refractivity contribution >= 4 is 46.6 Å². The number of rotatable bonds is 17. The Labute approximate surface area is 330 Å². The van der Waals surface area contributed by atoms with Crippen molar-refractivity contribution < 1.29 is 37.9 Å². The number of benzene rings is 4. The fourth-order valence-electron chi connectivity index (χ4n) is 6.67. The summed E-state index contributed by atoms with van der Waals surface area (Å²) in [4.78, 5) is 74.6. The van der Waals surface area contributed by atoms with Crippen molar-refractivity contribution in [3.05, 3.63) is 132 Å². The van der Waals surface area contributed by atoms with Crippen LogP contribution in [-0.2, 0) is 32.1 Å². The van der Waals surface area contributed by atoms with Crippen LogP contribution in [0.25, 0.3) is 11.1 Å². The van der Waals surface area contributed by atoms with E-state index >= 15 is 0 Å². The lowest BCUT2D eigenvalue weighted by molar-refractivity contribution is -0.140. The zero-order chi connectivity index (χ0) is 40.0. The van der Waals surface area contributed by atoms with E-state index in [2.05, 4.69) is 20.9 Å². The van der Waals surface area contributed by atoms with Crippen molar-refractivity contribution in [2.75, 3.05) is 18.4 Å². The van der Waals surface area contributed by atoms with Gasteiger partial charge in [-0.05, 0) is 74.0 Å². The average Bonchev–Trinajstić information content (AvgIpc) is 3.87. The van der Waals surface area contributed by atoms with Gasteiger partial charge in [-0.3, -0.25) is 19.7 Å². The summed E-state index contributed by atoms with van der Waals surface area (Å²) in [6.45, 7) is 0.212. The van der Waals surface area contributed by atoms with Gasteiger partial charge >= 0.3 is 12.2 Å². The van der Waals surface area contributed by atoms with Crippen LogP contribution < -0.4 is 21.7 Å². The van der Waals surface area contributed by atoms with Crippen LogP contribution in [0.2, 0.25) is 0 Å². The van der Waals surface area contributed by atoms with Gasteiger partial charge < -0.3 is 35.2 Å². The Bertz CT molecular complexity index is 2080. The van der Waals surface area contributed by atoms with Crippen LogP contribution in [0, 0.1) is 0 Å². The Kier molecular flexibility index (Phi) is 14.0. The first-order valence-electron chi connectivity index (χ1n) is 19.0. The van der Waals surface area contributed by atoms with Gasteiger partial charge in [-0.15, -0.1) is 0 Å². The van der Waals surface area contributed by atoms with Gasteiger partial charge in [0.05, 0.1) is 12.6 Å². The molecule has 4 atom stereocenters. The Morgan fingerprint density at radius 2 is 1.44 bits per heavy atom. The highest BCUT2D eigenvalue weighted by molar-refractivity contribution is 6.01. The Morgan fingerprint density at radius 3 is 2.14 bits per heavy atom. The summed E-state index contributed by atoms with van der Waals surface area (Å²) >= 11 is 0. The maximum Gasteiger partial charge on any atom is 0.411 e. The van der Waals surface area contributed by atoms with Crippen LogP contribution in [0.4, 0.5) is 15.3 Å². The number of aryl methyl sites for hydroxylation is 1. The van der Waals surface area contributed by atoms with Gasteiger partial charge in [0.25, 0.3) is 5.89 Å². The molecule has 0 aliphatic carbocycles. The fraction of sp³-hybridized carbons (Fsp3) is 0.302. The molecule has 14 nitrogen and oxygen atoms in total. The fourth-order valence-corrected chi connectivity index (χ4v) is 6.67. The molecule has 1 saturated heterocycles. The maximum atomic E-state index is 14.6. The molecular formula is C43H46N6O8. The lowest BCUT2D eigenvalue weighted by Crippen LogP contribution is -2.55. The molecule has 5 aromatic rings. The predicted octanol–water partition coefficient (Wildman–Crippen LogP) is 5.77. The van der Waals surface area contributed by atoms with Crippen molar-refractivity contribution in [1.82, 2.24) is 20.5 Å². The van der Waals surface area contributed by atoms with E-state index < -0.39 is 54.0 Å². The summed E-state index contributed by atoms with van der Waals surface area (Å²) in [5.74, 6) is -1.92. The number of likely N-dealkylation sites (tertiary alicyclic amines) is 1. The van der Waals surface area contributed by atoms with Crippen molar-refractivity contribution in [2.24, 2.45) is 5.73 Å². The first-order valence-corrected chi connectivity index (χ1v) is 19.0. The number of unbranched alkanes of at least 4 members (excludes halogenated alkanes) is 1. The van der Waals surface area contributed by atoms with Gasteiger partial charge in [0.15, 0.2) is 5.58 Å². The highest BCUT2D eigenvalue weighted by Crippen LogP contribution is 2.25. The number of para-hydroxylation sites is 3. The predicted molar refractivity (Wildman–Crippen MR) is 212 cm³/mol. The van der Waals surface area contributed by atoms with E-state index in [-0.39, 0.29) is 38.3 Å². The topological polar surface area (TPSA) is 195 Å². The number of aromatic nitrogens is 1. The number of ether oxygens (including phenoxy) is 2. The highest BCUT2D eigenvalue weighted by atomic mass is 16.6. The molecule has 0 unspecified atom stereocenters. The minimum absolute atomic E-state index is 0.0207. The second-order valence-electron chi connectivity index (χ2n) is 13.7. The number of amides is 4. The summed E-state index contributed by atoms with van der Waals surface area (Å²) in [5.41, 5.74) is 8.86. The Hall–Kier alpha value is -6.54. The second-order valence-corrected chi connectivity index (χ2v) is 13.7. The smallest absolute Gasteiger partial charge is 0.411 e. The van der Waals surface area contributed by atoms with Crippen LogP contribution >= 0.6 is 0 Å². The SMILES string of the molecule is NCCCC[C@H](NC(=O)[C@@H]1C[C@@H](OC(=O)Nc2ccccc2)CN1C(=O)[C@@H](CCc1ccccc1)NC(=O)OCc1ccccc1)C(=O)c1nc2ccccc2o1. The molecule has 2 heterocycles. The highest BCUT2D eigenvalue weighted by Gasteiger charge is 2.44. The van der Waals surface area contributed by atoms with Gasteiger partial charge in [-0.1, -0.05) is 91.0 Å². The molecule has 1 aliphatic heterocycles. The van der Waals surface area contributed by atoms with E-state index in [1.165, 1.54) is 4.90 Å². The third-order valence-corrected chi connectivity index (χ3v) is 9.59. The quantitative estimate of drug-likeness (QED) is 0.0666. The molecule has 0 spiro atoms. The minimum atomic E-state index is -1.18. The van der Waals surface area contributed by atoms with Crippen LogP contribution in [0.3, 0.4) is 0 Å². The van der Waals surface area contributed by atoms with Crippen molar-refractivity contribution in [3.8, 4) is 0 Å². The van der Waals surface area contributed by atoms with E-state index in [0.29, 0.717) is 42.6 Å². The average molecular weight is 775 g/mol. The van der Waals surface area contributed by atoms with Crippen LogP contribution in [0.5, 0.6) is 0 Å². The summed E-state index contributed by atoms with van der Waals surface area (Å²) in [6, 6.07) is 30.9. The Balaban J connectivity index is 1.24. The third-order valence-electron chi connectivity index (χ3n) is 9.59. The molecule has 1 fully saturated rings. The Morgan fingerprint density at radius 1 is 0.772 bits per heavy atom. The molecule has 1 aliphatic rings. The number of fused-ring (bicyclic) bond motifs is 1. The standard InChI is InChI=1S/C43H46N6O8/c44-25-13-12-21-34(38(50)40-47-33-20-10-11-22-37(33)57-40)46-39(51)36-26-32(56-43(54)45-31-18-8-3-9-19-31)27-49(36)41(52)35(24-23-29-14-4-1-5-15-29)48-42(53)55-28-30-16-6-2-7-17-30/h1-11,14-20,22,32,34-36H,12-13,21,23-28,44H2,(H,45,54)(H,46,51)(H,48,53)/t32-,34+,35-,36+/m1/s1. The van der Waals surface area contributed by atoms with Crippen molar-refractivity contribution in [2.45, 2.75) is 69.4 Å². The van der Waals surface area contributed by atoms with E-state index in [1.54, 1.807) is 54.6 Å². The number of nitrogens with zero attached hydrogens (tertiary/aromatic N) is 2. The first-order chi connectivity index (χ1) is 27.8. The molecule has 57 heavy (non-hydrogen) atoms. The number of carbonyl (C=O) groups excluding carboxylic acids is 5. The maximum absolute atomic E-state index is 14.6. The third kappa shape index (κ3) is 11.3. The number of ketones is 1. The number of alkyl carbamates (subject to hydrolysis) is 1. The minimum Gasteiger partial charge on any atom is -0.445 e. The first kappa shape index (κ1) is 40.1. The summed E-state index contributed by atoms with van der Waals surface area (Å²) in [5, 5.41) is 8.23. The zero-order valence-corrected chi connectivity index (χ0v) is 31.4. The summed E-state index contributed by atoms with van der Waals surface area (Å²) in [7, 11) is 0. The van der Waals surface area contributed by atoms with E-state index in [1.807, 2.05) is 60.7 Å². The molecule has 14 heteroatoms. The molecule has 6 rings (SSSR count). The number of carbonyl (C=O) groups is 5. The van der Waals surface area contributed by atoms with Crippen molar-refractivity contribution in [1.29, 1.82) is 0 Å². The molecule has 4 aromatic carbocycles. The number of nitrogens with one attached hydrogen (secondary N) is 3. The molecule has 4 amide bonds. The lowest BCUT2D eigenvalue weighted by Gasteiger charge is -2.29. The zero-order valence-electron chi connectivity index (χ0n) is 31.4. The van der Waals surface area contributed by atoms with Crippen LogP contribution in [-0.4, -0.2) is 77.0 Å². The van der Waals surface area contributed by atoms with E-state index in [0.717, 1.165) is 11.1 Å². The van der Waals surface area contributed by atoms with Gasteiger partial charge in [0.2, 0.25) is 17.6 Å². The molecule has 0 bridgehead atoms. The molecule has 0 radical (unpaired) electrons. The lowest BCUT2D eigenvalue weighted by atomic mass is 10.0. The van der Waals surface area contributed by atoms with Crippen molar-refractivity contribution in [3.63, 3.8) is 0 Å².